The summed E-state index contributed by atoms with van der Waals surface area (Å²) in [6.45, 7) is 2.87. The zero-order chi connectivity index (χ0) is 13.8. The number of hydrogen-bond acceptors (Lipinski definition) is 3. The van der Waals surface area contributed by atoms with Crippen LogP contribution in [0.1, 0.15) is 43.6 Å². The van der Waals surface area contributed by atoms with Crippen LogP contribution in [0.5, 0.6) is 0 Å². The van der Waals surface area contributed by atoms with Crippen LogP contribution in [0, 0.1) is 6.92 Å². The Morgan fingerprint density at radius 1 is 1.25 bits per heavy atom. The molecule has 0 spiro atoms. The first-order valence-electron chi connectivity index (χ1n) is 7.54. The fraction of sp³-hybridized carbons (Fsp3) is 0.500. The first-order valence-corrected chi connectivity index (χ1v) is 7.54. The topological polar surface area (TPSA) is 55.5 Å². The van der Waals surface area contributed by atoms with Gasteiger partial charge in [0.25, 0.3) is 5.89 Å². The molecule has 3 rings (SSSR count). The number of aromatic nitrogens is 2. The fourth-order valence-corrected chi connectivity index (χ4v) is 2.88. The molecule has 0 aliphatic heterocycles. The summed E-state index contributed by atoms with van der Waals surface area (Å²) in [5.74, 6) is 1.42. The van der Waals surface area contributed by atoms with Crippen LogP contribution in [0.15, 0.2) is 28.8 Å². The van der Waals surface area contributed by atoms with Gasteiger partial charge in [-0.15, -0.1) is 0 Å². The molecule has 1 heterocycles. The molecule has 0 bridgehead atoms. The zero-order valence-corrected chi connectivity index (χ0v) is 12.0. The van der Waals surface area contributed by atoms with Gasteiger partial charge in [-0.3, -0.25) is 0 Å². The molecule has 0 unspecified atom stereocenters. The standard InChI is InChI=1S/C16H21N3O/c1-12-6-5-7-13(10-12)16-18-15(20-19-16)11-17-14-8-3-2-4-9-14/h5-7,10,14,17H,2-4,8-9,11H2,1H3/p+1. The quantitative estimate of drug-likeness (QED) is 0.930. The Morgan fingerprint density at radius 3 is 2.90 bits per heavy atom. The highest BCUT2D eigenvalue weighted by molar-refractivity contribution is 5.55. The van der Waals surface area contributed by atoms with Crippen molar-refractivity contribution in [2.75, 3.05) is 0 Å². The van der Waals surface area contributed by atoms with E-state index in [-0.39, 0.29) is 0 Å². The van der Waals surface area contributed by atoms with E-state index < -0.39 is 0 Å². The molecule has 1 aromatic carbocycles. The van der Waals surface area contributed by atoms with E-state index in [9.17, 15) is 0 Å². The van der Waals surface area contributed by atoms with Crippen molar-refractivity contribution < 1.29 is 9.84 Å². The Labute approximate surface area is 119 Å². The summed E-state index contributed by atoms with van der Waals surface area (Å²) in [4.78, 5) is 4.50. The van der Waals surface area contributed by atoms with Gasteiger partial charge < -0.3 is 9.84 Å². The summed E-state index contributed by atoms with van der Waals surface area (Å²) in [5.41, 5.74) is 2.24. The molecule has 0 atom stereocenters. The van der Waals surface area contributed by atoms with Crippen LogP contribution >= 0.6 is 0 Å². The van der Waals surface area contributed by atoms with E-state index in [1.807, 2.05) is 12.1 Å². The molecule has 4 heteroatoms. The van der Waals surface area contributed by atoms with Gasteiger partial charge in [0, 0.05) is 5.56 Å². The molecular weight excluding hydrogens is 250 g/mol. The minimum Gasteiger partial charge on any atom is -0.336 e. The largest absolute Gasteiger partial charge is 0.336 e. The van der Waals surface area contributed by atoms with Crippen LogP contribution in [0.25, 0.3) is 11.4 Å². The van der Waals surface area contributed by atoms with Crippen LogP contribution in [-0.4, -0.2) is 16.2 Å². The van der Waals surface area contributed by atoms with E-state index in [4.69, 9.17) is 4.52 Å². The van der Waals surface area contributed by atoms with Gasteiger partial charge in [-0.05, 0) is 38.7 Å². The highest BCUT2D eigenvalue weighted by Crippen LogP contribution is 2.17. The maximum Gasteiger partial charge on any atom is 0.282 e. The highest BCUT2D eigenvalue weighted by Gasteiger charge is 2.17. The van der Waals surface area contributed by atoms with E-state index in [1.165, 1.54) is 37.7 Å². The van der Waals surface area contributed by atoms with Gasteiger partial charge in [0.15, 0.2) is 6.54 Å². The van der Waals surface area contributed by atoms with Gasteiger partial charge in [0.05, 0.1) is 6.04 Å². The number of benzene rings is 1. The van der Waals surface area contributed by atoms with E-state index >= 15 is 0 Å². The summed E-state index contributed by atoms with van der Waals surface area (Å²) < 4.78 is 5.36. The van der Waals surface area contributed by atoms with Crippen molar-refractivity contribution in [2.45, 2.75) is 51.6 Å². The highest BCUT2D eigenvalue weighted by atomic mass is 16.5. The van der Waals surface area contributed by atoms with Crippen LogP contribution in [-0.2, 0) is 6.54 Å². The second kappa shape index (κ2) is 6.18. The third kappa shape index (κ3) is 3.25. The molecule has 1 aliphatic rings. The average Bonchev–Trinajstić information content (AvgIpc) is 2.95. The van der Waals surface area contributed by atoms with Crippen molar-refractivity contribution in [1.82, 2.24) is 10.1 Å². The maximum absolute atomic E-state index is 5.36. The lowest BCUT2D eigenvalue weighted by Gasteiger charge is -2.18. The lowest BCUT2D eigenvalue weighted by Crippen LogP contribution is -2.88. The van der Waals surface area contributed by atoms with Crippen molar-refractivity contribution in [2.24, 2.45) is 0 Å². The molecule has 2 N–H and O–H groups in total. The summed E-state index contributed by atoms with van der Waals surface area (Å²) in [6, 6.07) is 8.93. The van der Waals surface area contributed by atoms with Crippen LogP contribution in [0.3, 0.4) is 0 Å². The molecule has 1 aromatic heterocycles. The molecule has 106 valence electrons. The average molecular weight is 272 g/mol. The number of quaternary nitrogens is 1. The number of nitrogens with zero attached hydrogens (tertiary/aromatic N) is 2. The van der Waals surface area contributed by atoms with Crippen molar-refractivity contribution in [3.63, 3.8) is 0 Å². The lowest BCUT2D eigenvalue weighted by atomic mass is 9.95. The molecule has 1 fully saturated rings. The van der Waals surface area contributed by atoms with E-state index in [0.29, 0.717) is 5.82 Å². The molecule has 0 radical (unpaired) electrons. The minimum absolute atomic E-state index is 0.695. The van der Waals surface area contributed by atoms with Crippen molar-refractivity contribution in [3.8, 4) is 11.4 Å². The Balaban J connectivity index is 1.61. The molecule has 1 saturated carbocycles. The molecular formula is C16H22N3O+. The Kier molecular flexibility index (Phi) is 4.11. The molecule has 4 nitrogen and oxygen atoms in total. The van der Waals surface area contributed by atoms with Crippen molar-refractivity contribution in [1.29, 1.82) is 0 Å². The maximum atomic E-state index is 5.36. The predicted molar refractivity (Wildman–Crippen MR) is 77.0 cm³/mol. The Morgan fingerprint density at radius 2 is 2.10 bits per heavy atom. The first kappa shape index (κ1) is 13.3. The molecule has 2 aromatic rings. The number of rotatable bonds is 4. The second-order valence-corrected chi connectivity index (χ2v) is 5.72. The minimum atomic E-state index is 0.695. The third-order valence-corrected chi connectivity index (χ3v) is 4.02. The molecule has 0 amide bonds. The van der Waals surface area contributed by atoms with Crippen LogP contribution in [0.4, 0.5) is 0 Å². The summed E-state index contributed by atoms with van der Waals surface area (Å²) in [6.07, 6.45) is 6.75. The second-order valence-electron chi connectivity index (χ2n) is 5.72. The van der Waals surface area contributed by atoms with Gasteiger partial charge in [-0.2, -0.15) is 4.98 Å². The van der Waals surface area contributed by atoms with Gasteiger partial charge in [-0.25, -0.2) is 0 Å². The van der Waals surface area contributed by atoms with Crippen LogP contribution in [0.2, 0.25) is 0 Å². The van der Waals surface area contributed by atoms with E-state index in [2.05, 4.69) is 34.5 Å². The number of nitrogens with two attached hydrogens (primary N) is 1. The lowest BCUT2D eigenvalue weighted by molar-refractivity contribution is -0.708. The normalized spacial score (nSPS) is 16.4. The molecule has 1 aliphatic carbocycles. The van der Waals surface area contributed by atoms with Gasteiger partial charge in [0.1, 0.15) is 0 Å². The monoisotopic (exact) mass is 272 g/mol. The van der Waals surface area contributed by atoms with Crippen molar-refractivity contribution >= 4 is 0 Å². The predicted octanol–water partition coefficient (Wildman–Crippen LogP) is 2.44. The smallest absolute Gasteiger partial charge is 0.282 e. The third-order valence-electron chi connectivity index (χ3n) is 4.02. The Bertz CT molecular complexity index is 558. The number of aryl methyl sites for hydroxylation is 1. The van der Waals surface area contributed by atoms with Crippen molar-refractivity contribution in [3.05, 3.63) is 35.7 Å². The van der Waals surface area contributed by atoms with Gasteiger partial charge >= 0.3 is 0 Å². The summed E-state index contributed by atoms with van der Waals surface area (Å²) in [5, 5.41) is 6.44. The fourth-order valence-electron chi connectivity index (χ4n) is 2.88. The summed E-state index contributed by atoms with van der Waals surface area (Å²) >= 11 is 0. The zero-order valence-electron chi connectivity index (χ0n) is 12.0. The number of hydrogen-bond donors (Lipinski definition) is 1. The van der Waals surface area contributed by atoms with E-state index in [1.54, 1.807) is 0 Å². The Hall–Kier alpha value is -1.68. The first-order chi connectivity index (χ1) is 9.81. The molecule has 20 heavy (non-hydrogen) atoms. The van der Waals surface area contributed by atoms with Gasteiger partial charge in [-0.1, -0.05) is 35.3 Å². The van der Waals surface area contributed by atoms with Gasteiger partial charge in [0.2, 0.25) is 5.82 Å². The van der Waals surface area contributed by atoms with E-state index in [0.717, 1.165) is 24.0 Å². The van der Waals surface area contributed by atoms with Crippen LogP contribution < -0.4 is 5.32 Å². The SMILES string of the molecule is Cc1cccc(-c2noc(C[NH2+]C3CCCCC3)n2)c1. The summed E-state index contributed by atoms with van der Waals surface area (Å²) in [7, 11) is 0. The molecule has 0 saturated heterocycles.